The molecule has 120 valence electrons. The van der Waals surface area contributed by atoms with Gasteiger partial charge in [0.25, 0.3) is 0 Å². The first-order valence-corrected chi connectivity index (χ1v) is 6.41. The van der Waals surface area contributed by atoms with E-state index in [0.717, 1.165) is 0 Å². The number of anilines is 1. The van der Waals surface area contributed by atoms with E-state index in [1.807, 2.05) is 0 Å². The Kier molecular flexibility index (Phi) is 9.90. The van der Waals surface area contributed by atoms with Gasteiger partial charge in [0.05, 0.1) is 38.1 Å². The number of ether oxygens (including phenoxy) is 3. The van der Waals surface area contributed by atoms with Gasteiger partial charge >= 0.3 is 0 Å². The number of methoxy groups -OCH3 is 3. The molecular weight excluding hydrogens is 319 g/mol. The zero-order chi connectivity index (χ0) is 15.0. The summed E-state index contributed by atoms with van der Waals surface area (Å²) < 4.78 is 15.2. The third-order valence-corrected chi connectivity index (χ3v) is 2.81. The maximum absolute atomic E-state index is 11.8. The fraction of sp³-hybridized carbons (Fsp3) is 0.462. The number of halogens is 2. The van der Waals surface area contributed by atoms with Crippen molar-refractivity contribution in [2.75, 3.05) is 46.3 Å². The van der Waals surface area contributed by atoms with Crippen molar-refractivity contribution in [1.82, 2.24) is 5.32 Å². The maximum atomic E-state index is 11.8. The third kappa shape index (κ3) is 6.39. The van der Waals surface area contributed by atoms with Crippen LogP contribution in [-0.2, 0) is 9.53 Å². The smallest absolute Gasteiger partial charge is 0.238 e. The number of carbonyl (C=O) groups excluding carboxylic acids is 1. The summed E-state index contributed by atoms with van der Waals surface area (Å²) in [4.78, 5) is 11.8. The summed E-state index contributed by atoms with van der Waals surface area (Å²) in [6, 6.07) is 3.21. The Morgan fingerprint density at radius 3 is 2.43 bits per heavy atom. The van der Waals surface area contributed by atoms with Crippen LogP contribution in [0.5, 0.6) is 11.5 Å². The SMILES string of the molecule is COCCNCC(=O)Nc1cc(OC)c(Cl)cc1OC.Cl. The van der Waals surface area contributed by atoms with E-state index in [1.165, 1.54) is 14.2 Å². The number of benzene rings is 1. The van der Waals surface area contributed by atoms with Gasteiger partial charge in [-0.3, -0.25) is 4.79 Å². The highest BCUT2D eigenvalue weighted by atomic mass is 35.5. The van der Waals surface area contributed by atoms with Crippen molar-refractivity contribution < 1.29 is 19.0 Å². The highest BCUT2D eigenvalue weighted by Crippen LogP contribution is 2.35. The van der Waals surface area contributed by atoms with Crippen LogP contribution in [0, 0.1) is 0 Å². The molecule has 21 heavy (non-hydrogen) atoms. The van der Waals surface area contributed by atoms with E-state index in [1.54, 1.807) is 19.2 Å². The molecule has 1 amide bonds. The van der Waals surface area contributed by atoms with Crippen molar-refractivity contribution >= 4 is 35.6 Å². The van der Waals surface area contributed by atoms with Gasteiger partial charge in [0.1, 0.15) is 11.5 Å². The van der Waals surface area contributed by atoms with Crippen LogP contribution in [0.4, 0.5) is 5.69 Å². The van der Waals surface area contributed by atoms with Gasteiger partial charge in [-0.1, -0.05) is 11.6 Å². The lowest BCUT2D eigenvalue weighted by Crippen LogP contribution is -2.30. The lowest BCUT2D eigenvalue weighted by atomic mass is 10.2. The Labute approximate surface area is 135 Å². The molecule has 8 heteroatoms. The normalized spacial score (nSPS) is 9.71. The quantitative estimate of drug-likeness (QED) is 0.709. The lowest BCUT2D eigenvalue weighted by molar-refractivity contribution is -0.115. The molecular formula is C13H20Cl2N2O4. The average Bonchev–Trinajstić information content (AvgIpc) is 2.45. The molecule has 0 aliphatic carbocycles. The third-order valence-electron chi connectivity index (χ3n) is 2.52. The molecule has 0 heterocycles. The number of hydrogen-bond acceptors (Lipinski definition) is 5. The van der Waals surface area contributed by atoms with Crippen molar-refractivity contribution in [2.45, 2.75) is 0 Å². The molecule has 0 bridgehead atoms. The molecule has 0 radical (unpaired) electrons. The summed E-state index contributed by atoms with van der Waals surface area (Å²) >= 11 is 5.99. The molecule has 1 aromatic carbocycles. The Hall–Kier alpha value is -1.21. The molecule has 0 aliphatic heterocycles. The predicted octanol–water partition coefficient (Wildman–Crippen LogP) is 1.95. The Morgan fingerprint density at radius 2 is 1.86 bits per heavy atom. The van der Waals surface area contributed by atoms with Gasteiger partial charge in [-0.05, 0) is 0 Å². The Bertz CT molecular complexity index is 458. The van der Waals surface area contributed by atoms with Gasteiger partial charge in [-0.2, -0.15) is 0 Å². The van der Waals surface area contributed by atoms with Gasteiger partial charge in [0.2, 0.25) is 5.91 Å². The van der Waals surface area contributed by atoms with E-state index < -0.39 is 0 Å². The molecule has 0 aliphatic rings. The fourth-order valence-electron chi connectivity index (χ4n) is 1.53. The van der Waals surface area contributed by atoms with Crippen LogP contribution < -0.4 is 20.1 Å². The van der Waals surface area contributed by atoms with E-state index >= 15 is 0 Å². The molecule has 0 saturated heterocycles. The highest BCUT2D eigenvalue weighted by molar-refractivity contribution is 6.32. The zero-order valence-electron chi connectivity index (χ0n) is 12.2. The molecule has 1 aromatic rings. The van der Waals surface area contributed by atoms with Crippen molar-refractivity contribution in [2.24, 2.45) is 0 Å². The summed E-state index contributed by atoms with van der Waals surface area (Å²) in [6.45, 7) is 1.33. The highest BCUT2D eigenvalue weighted by Gasteiger charge is 2.12. The summed E-state index contributed by atoms with van der Waals surface area (Å²) in [7, 11) is 4.61. The lowest BCUT2D eigenvalue weighted by Gasteiger charge is -2.13. The van der Waals surface area contributed by atoms with E-state index in [0.29, 0.717) is 35.4 Å². The molecule has 2 N–H and O–H groups in total. The number of rotatable bonds is 8. The second-order valence-electron chi connectivity index (χ2n) is 3.90. The molecule has 0 spiro atoms. The van der Waals surface area contributed by atoms with Crippen LogP contribution in [0.15, 0.2) is 12.1 Å². The fourth-order valence-corrected chi connectivity index (χ4v) is 1.76. The van der Waals surface area contributed by atoms with Crippen molar-refractivity contribution in [1.29, 1.82) is 0 Å². The molecule has 0 aromatic heterocycles. The number of amides is 1. The van der Waals surface area contributed by atoms with Crippen molar-refractivity contribution in [3.05, 3.63) is 17.2 Å². The van der Waals surface area contributed by atoms with E-state index in [-0.39, 0.29) is 24.9 Å². The zero-order valence-corrected chi connectivity index (χ0v) is 13.8. The Morgan fingerprint density at radius 1 is 1.19 bits per heavy atom. The van der Waals surface area contributed by atoms with E-state index in [9.17, 15) is 4.79 Å². The van der Waals surface area contributed by atoms with Crippen LogP contribution >= 0.6 is 24.0 Å². The van der Waals surface area contributed by atoms with Crippen LogP contribution in [0.1, 0.15) is 0 Å². The van der Waals surface area contributed by atoms with Crippen molar-refractivity contribution in [3.8, 4) is 11.5 Å². The predicted molar refractivity (Wildman–Crippen MR) is 85.2 cm³/mol. The maximum Gasteiger partial charge on any atom is 0.238 e. The van der Waals surface area contributed by atoms with Crippen LogP contribution in [-0.4, -0.2) is 46.9 Å². The molecule has 0 unspecified atom stereocenters. The monoisotopic (exact) mass is 338 g/mol. The molecule has 6 nitrogen and oxygen atoms in total. The molecule has 0 saturated carbocycles. The van der Waals surface area contributed by atoms with E-state index in [2.05, 4.69) is 10.6 Å². The van der Waals surface area contributed by atoms with Gasteiger partial charge in [0.15, 0.2) is 0 Å². The minimum atomic E-state index is -0.191. The minimum Gasteiger partial charge on any atom is -0.495 e. The largest absolute Gasteiger partial charge is 0.495 e. The number of hydrogen-bond donors (Lipinski definition) is 2. The van der Waals surface area contributed by atoms with Gasteiger partial charge in [-0.25, -0.2) is 0 Å². The second kappa shape index (κ2) is 10.5. The second-order valence-corrected chi connectivity index (χ2v) is 4.31. The minimum absolute atomic E-state index is 0. The molecule has 1 rings (SSSR count). The number of nitrogens with one attached hydrogen (secondary N) is 2. The molecule has 0 fully saturated rings. The van der Waals surface area contributed by atoms with Crippen LogP contribution in [0.3, 0.4) is 0 Å². The summed E-state index contributed by atoms with van der Waals surface area (Å²) in [5, 5.41) is 6.10. The number of carbonyl (C=O) groups is 1. The van der Waals surface area contributed by atoms with Gasteiger partial charge in [-0.15, -0.1) is 12.4 Å². The molecule has 0 atom stereocenters. The average molecular weight is 339 g/mol. The van der Waals surface area contributed by atoms with Gasteiger partial charge < -0.3 is 24.8 Å². The first kappa shape index (κ1) is 19.8. The van der Waals surface area contributed by atoms with Crippen LogP contribution in [0.2, 0.25) is 5.02 Å². The van der Waals surface area contributed by atoms with Crippen molar-refractivity contribution in [3.63, 3.8) is 0 Å². The van der Waals surface area contributed by atoms with Gasteiger partial charge in [0, 0.05) is 25.8 Å². The standard InChI is InChI=1S/C13H19ClN2O4.ClH/c1-18-5-4-15-8-13(17)16-10-7-11(19-2)9(14)6-12(10)20-3;/h6-7,15H,4-5,8H2,1-3H3,(H,16,17);1H. The first-order chi connectivity index (χ1) is 9.62. The summed E-state index contributed by atoms with van der Waals surface area (Å²) in [6.07, 6.45) is 0. The topological polar surface area (TPSA) is 68.8 Å². The first-order valence-electron chi connectivity index (χ1n) is 6.03. The summed E-state index contributed by atoms with van der Waals surface area (Å²) in [5.41, 5.74) is 0.507. The summed E-state index contributed by atoms with van der Waals surface area (Å²) in [5.74, 6) is 0.750. The van der Waals surface area contributed by atoms with Crippen LogP contribution in [0.25, 0.3) is 0 Å². The van der Waals surface area contributed by atoms with E-state index in [4.69, 9.17) is 25.8 Å². The Balaban J connectivity index is 0.00000400.